The molecule has 0 saturated carbocycles. The molecule has 1 saturated heterocycles. The molecule has 1 unspecified atom stereocenters. The van der Waals surface area contributed by atoms with Crippen LogP contribution in [0.2, 0.25) is 5.02 Å². The van der Waals surface area contributed by atoms with Crippen LogP contribution in [0, 0.1) is 11.3 Å². The van der Waals surface area contributed by atoms with Crippen LogP contribution in [0.15, 0.2) is 48.5 Å². The number of hydrogen-bond acceptors (Lipinski definition) is 3. The molecule has 0 aliphatic carbocycles. The monoisotopic (exact) mass is 312 g/mol. The molecule has 112 valence electrons. The zero-order chi connectivity index (χ0) is 15.6. The first-order valence-corrected chi connectivity index (χ1v) is 7.64. The predicted molar refractivity (Wildman–Crippen MR) is 88.1 cm³/mol. The molecule has 3 nitrogen and oxygen atoms in total. The maximum absolute atomic E-state index is 9.35. The smallest absolute Gasteiger partial charge is 0.108 e. The van der Waals surface area contributed by atoms with Gasteiger partial charge in [-0.15, -0.1) is 0 Å². The van der Waals surface area contributed by atoms with Crippen molar-refractivity contribution in [2.24, 2.45) is 0 Å². The lowest BCUT2D eigenvalue weighted by atomic mass is 9.93. The van der Waals surface area contributed by atoms with E-state index >= 15 is 0 Å². The molecule has 2 aromatic carbocycles. The van der Waals surface area contributed by atoms with E-state index in [1.165, 1.54) is 0 Å². The van der Waals surface area contributed by atoms with Crippen LogP contribution >= 0.6 is 11.6 Å². The predicted octanol–water partition coefficient (Wildman–Crippen LogP) is 3.96. The Balaban J connectivity index is 1.93. The van der Waals surface area contributed by atoms with E-state index in [-0.39, 0.29) is 5.60 Å². The Bertz CT molecular complexity index is 711. The summed E-state index contributed by atoms with van der Waals surface area (Å²) in [6.07, 6.45) is 0. The molecule has 2 aromatic rings. The quantitative estimate of drug-likeness (QED) is 0.842. The fourth-order valence-electron chi connectivity index (χ4n) is 2.91. The van der Waals surface area contributed by atoms with E-state index in [4.69, 9.17) is 16.3 Å². The molecule has 0 N–H and O–H groups in total. The zero-order valence-corrected chi connectivity index (χ0v) is 13.2. The molecule has 1 aliphatic rings. The summed E-state index contributed by atoms with van der Waals surface area (Å²) in [6, 6.07) is 17.9. The minimum atomic E-state index is -0.383. The summed E-state index contributed by atoms with van der Waals surface area (Å²) in [4.78, 5) is 2.20. The van der Waals surface area contributed by atoms with Gasteiger partial charge in [-0.25, -0.2) is 0 Å². The Morgan fingerprint density at radius 3 is 2.73 bits per heavy atom. The number of nitriles is 1. The number of rotatable bonds is 2. The molecule has 1 atom stereocenters. The minimum Gasteiger partial charge on any atom is -0.367 e. The second-order valence-corrected chi connectivity index (χ2v) is 6.08. The van der Waals surface area contributed by atoms with Gasteiger partial charge in [0.2, 0.25) is 0 Å². The molecule has 0 spiro atoms. The number of anilines is 1. The van der Waals surface area contributed by atoms with Gasteiger partial charge in [0.15, 0.2) is 0 Å². The van der Waals surface area contributed by atoms with Crippen molar-refractivity contribution in [3.63, 3.8) is 0 Å². The van der Waals surface area contributed by atoms with Crippen molar-refractivity contribution in [3.8, 4) is 6.07 Å². The standard InChI is InChI=1S/C18H17ClN2O/c1-18(15-5-3-2-4-6-15)13-21(9-10-22-18)17-8-7-16(19)11-14(17)12-20/h2-8,11H,9-10,13H2,1H3. The van der Waals surface area contributed by atoms with Crippen LogP contribution in [0.5, 0.6) is 0 Å². The number of hydrogen-bond donors (Lipinski definition) is 0. The van der Waals surface area contributed by atoms with Gasteiger partial charge in [-0.1, -0.05) is 41.9 Å². The first kappa shape index (κ1) is 14.9. The van der Waals surface area contributed by atoms with Crippen molar-refractivity contribution in [1.29, 1.82) is 5.26 Å². The Hall–Kier alpha value is -2.02. The summed E-state index contributed by atoms with van der Waals surface area (Å²) in [6.45, 7) is 4.18. The fraction of sp³-hybridized carbons (Fsp3) is 0.278. The van der Waals surface area contributed by atoms with Crippen molar-refractivity contribution in [2.75, 3.05) is 24.6 Å². The highest BCUT2D eigenvalue weighted by atomic mass is 35.5. The Morgan fingerprint density at radius 1 is 1.23 bits per heavy atom. The summed E-state index contributed by atoms with van der Waals surface area (Å²) in [5.41, 5.74) is 2.28. The van der Waals surface area contributed by atoms with E-state index in [2.05, 4.69) is 30.0 Å². The van der Waals surface area contributed by atoms with Gasteiger partial charge in [0, 0.05) is 11.6 Å². The number of benzene rings is 2. The molecule has 22 heavy (non-hydrogen) atoms. The van der Waals surface area contributed by atoms with Crippen LogP contribution in [0.4, 0.5) is 5.69 Å². The molecular weight excluding hydrogens is 296 g/mol. The molecule has 3 rings (SSSR count). The minimum absolute atomic E-state index is 0.383. The third-order valence-electron chi connectivity index (χ3n) is 4.08. The first-order chi connectivity index (χ1) is 10.6. The van der Waals surface area contributed by atoms with Gasteiger partial charge >= 0.3 is 0 Å². The Morgan fingerprint density at radius 2 is 2.00 bits per heavy atom. The second kappa shape index (κ2) is 6.00. The van der Waals surface area contributed by atoms with E-state index < -0.39 is 0 Å². The molecule has 1 fully saturated rings. The topological polar surface area (TPSA) is 36.3 Å². The van der Waals surface area contributed by atoms with Crippen LogP contribution in [0.1, 0.15) is 18.1 Å². The molecule has 0 aromatic heterocycles. The summed E-state index contributed by atoms with van der Waals surface area (Å²) < 4.78 is 6.05. The number of nitrogens with zero attached hydrogens (tertiary/aromatic N) is 2. The lowest BCUT2D eigenvalue weighted by molar-refractivity contribution is -0.0466. The average Bonchev–Trinajstić information content (AvgIpc) is 2.55. The SMILES string of the molecule is CC1(c2ccccc2)CN(c2ccc(Cl)cc2C#N)CCO1. The van der Waals surface area contributed by atoms with Crippen LogP contribution in [0.3, 0.4) is 0 Å². The molecule has 1 aliphatic heterocycles. The number of ether oxygens (including phenoxy) is 1. The second-order valence-electron chi connectivity index (χ2n) is 5.64. The van der Waals surface area contributed by atoms with Gasteiger partial charge in [-0.05, 0) is 30.7 Å². The van der Waals surface area contributed by atoms with Gasteiger partial charge in [0.25, 0.3) is 0 Å². The largest absolute Gasteiger partial charge is 0.367 e. The van der Waals surface area contributed by atoms with Crippen LogP contribution in [0.25, 0.3) is 0 Å². The normalized spacial score (nSPS) is 21.4. The number of morpholine rings is 1. The lowest BCUT2D eigenvalue weighted by Crippen LogP contribution is -2.48. The Labute approximate surface area is 135 Å². The summed E-state index contributed by atoms with van der Waals surface area (Å²) in [7, 11) is 0. The third-order valence-corrected chi connectivity index (χ3v) is 4.31. The van der Waals surface area contributed by atoms with Crippen molar-refractivity contribution in [1.82, 2.24) is 0 Å². The Kier molecular flexibility index (Phi) is 4.06. The molecular formula is C18H17ClN2O. The van der Waals surface area contributed by atoms with Gasteiger partial charge in [0.1, 0.15) is 11.7 Å². The highest BCUT2D eigenvalue weighted by Crippen LogP contribution is 2.33. The van der Waals surface area contributed by atoms with E-state index in [9.17, 15) is 5.26 Å². The highest BCUT2D eigenvalue weighted by Gasteiger charge is 2.34. The number of halogens is 1. The molecule has 0 bridgehead atoms. The fourth-order valence-corrected chi connectivity index (χ4v) is 3.09. The van der Waals surface area contributed by atoms with Crippen LogP contribution < -0.4 is 4.90 Å². The summed E-state index contributed by atoms with van der Waals surface area (Å²) in [5.74, 6) is 0. The van der Waals surface area contributed by atoms with Crippen LogP contribution in [-0.4, -0.2) is 19.7 Å². The van der Waals surface area contributed by atoms with E-state index in [0.29, 0.717) is 23.7 Å². The maximum Gasteiger partial charge on any atom is 0.108 e. The molecule has 4 heteroatoms. The maximum atomic E-state index is 9.35. The molecule has 0 radical (unpaired) electrons. The summed E-state index contributed by atoms with van der Waals surface area (Å²) >= 11 is 5.99. The van der Waals surface area contributed by atoms with Gasteiger partial charge in [-0.2, -0.15) is 5.26 Å². The van der Waals surface area contributed by atoms with E-state index in [1.807, 2.05) is 30.3 Å². The van der Waals surface area contributed by atoms with Gasteiger partial charge in [0.05, 0.1) is 24.4 Å². The van der Waals surface area contributed by atoms with Crippen LogP contribution in [-0.2, 0) is 10.3 Å². The molecule has 0 amide bonds. The third kappa shape index (κ3) is 2.81. The lowest BCUT2D eigenvalue weighted by Gasteiger charge is -2.42. The first-order valence-electron chi connectivity index (χ1n) is 7.26. The van der Waals surface area contributed by atoms with Gasteiger partial charge < -0.3 is 9.64 Å². The average molecular weight is 313 g/mol. The highest BCUT2D eigenvalue weighted by molar-refractivity contribution is 6.30. The van der Waals surface area contributed by atoms with Crippen molar-refractivity contribution < 1.29 is 4.74 Å². The van der Waals surface area contributed by atoms with Crippen molar-refractivity contribution >= 4 is 17.3 Å². The van der Waals surface area contributed by atoms with Gasteiger partial charge in [-0.3, -0.25) is 0 Å². The van der Waals surface area contributed by atoms with E-state index in [1.54, 1.807) is 6.07 Å². The molecule has 1 heterocycles. The summed E-state index contributed by atoms with van der Waals surface area (Å²) in [5, 5.41) is 9.94. The van der Waals surface area contributed by atoms with Crippen molar-refractivity contribution in [3.05, 3.63) is 64.7 Å². The zero-order valence-electron chi connectivity index (χ0n) is 12.4. The van der Waals surface area contributed by atoms with Crippen molar-refractivity contribution in [2.45, 2.75) is 12.5 Å². The van der Waals surface area contributed by atoms with E-state index in [0.717, 1.165) is 17.8 Å².